The molecule has 0 fully saturated rings. The van der Waals surface area contributed by atoms with Gasteiger partial charge in [0.1, 0.15) is 17.0 Å². The maximum absolute atomic E-state index is 13.3. The monoisotopic (exact) mass is 473 g/mol. The van der Waals surface area contributed by atoms with Crippen LogP contribution in [0.15, 0.2) is 24.3 Å². The normalized spacial score (nSPS) is 10.9. The van der Waals surface area contributed by atoms with Gasteiger partial charge in [0.15, 0.2) is 11.5 Å². The third-order valence-corrected chi connectivity index (χ3v) is 5.37. The number of nitrogens with zero attached hydrogens (tertiary/aromatic N) is 1. The van der Waals surface area contributed by atoms with Gasteiger partial charge in [-0.2, -0.15) is 5.10 Å². The van der Waals surface area contributed by atoms with Crippen LogP contribution in [0.25, 0.3) is 10.9 Å². The number of benzene rings is 2. The molecule has 0 amide bonds. The minimum atomic E-state index is -3.37. The summed E-state index contributed by atoms with van der Waals surface area (Å²) in [4.78, 5) is 13.3. The van der Waals surface area contributed by atoms with Crippen molar-refractivity contribution in [2.75, 3.05) is 41.2 Å². The fraction of sp³-hybridized carbons (Fsp3) is 0.273. The highest BCUT2D eigenvalue weighted by atomic mass is 32.2. The molecule has 0 atom stereocenters. The minimum Gasteiger partial charge on any atom is -0.495 e. The van der Waals surface area contributed by atoms with Crippen LogP contribution in [0, 0.1) is 11.8 Å². The van der Waals surface area contributed by atoms with Gasteiger partial charge < -0.3 is 18.9 Å². The molecule has 0 radical (unpaired) electrons. The van der Waals surface area contributed by atoms with E-state index in [1.165, 1.54) is 28.4 Å². The van der Waals surface area contributed by atoms with Gasteiger partial charge >= 0.3 is 0 Å². The summed E-state index contributed by atoms with van der Waals surface area (Å²) in [5.41, 5.74) is 1.37. The molecule has 3 aromatic rings. The van der Waals surface area contributed by atoms with E-state index in [2.05, 4.69) is 26.8 Å². The van der Waals surface area contributed by atoms with Crippen LogP contribution in [0.5, 0.6) is 23.0 Å². The molecule has 1 heterocycles. The van der Waals surface area contributed by atoms with Crippen LogP contribution in [-0.2, 0) is 10.0 Å². The summed E-state index contributed by atoms with van der Waals surface area (Å²) in [6, 6.07) is 6.47. The largest absolute Gasteiger partial charge is 0.495 e. The predicted octanol–water partition coefficient (Wildman–Crippen LogP) is 1.73. The van der Waals surface area contributed by atoms with Gasteiger partial charge in [-0.05, 0) is 24.3 Å². The number of aromatic nitrogens is 2. The number of carbonyl (C=O) groups excluding carboxylic acids is 1. The number of rotatable bonds is 8. The van der Waals surface area contributed by atoms with Crippen molar-refractivity contribution in [3.63, 3.8) is 0 Å². The molecule has 0 bridgehead atoms. The first-order valence-corrected chi connectivity index (χ1v) is 11.5. The highest BCUT2D eigenvalue weighted by Crippen LogP contribution is 2.39. The molecule has 0 spiro atoms. The second-order valence-electron chi connectivity index (χ2n) is 6.78. The van der Waals surface area contributed by atoms with Crippen LogP contribution in [0.4, 0.5) is 0 Å². The molecule has 3 rings (SSSR count). The lowest BCUT2D eigenvalue weighted by Crippen LogP contribution is -2.21. The van der Waals surface area contributed by atoms with Gasteiger partial charge in [0.05, 0.1) is 46.8 Å². The molecule has 1 aromatic heterocycles. The van der Waals surface area contributed by atoms with Gasteiger partial charge in [-0.3, -0.25) is 9.89 Å². The zero-order chi connectivity index (χ0) is 24.2. The number of hydrogen-bond acceptors (Lipinski definition) is 8. The van der Waals surface area contributed by atoms with Gasteiger partial charge in [0.2, 0.25) is 21.6 Å². The molecule has 0 saturated carbocycles. The van der Waals surface area contributed by atoms with E-state index in [1.807, 2.05) is 0 Å². The van der Waals surface area contributed by atoms with Gasteiger partial charge in [-0.15, -0.1) is 0 Å². The van der Waals surface area contributed by atoms with E-state index in [0.29, 0.717) is 45.0 Å². The van der Waals surface area contributed by atoms with E-state index >= 15 is 0 Å². The van der Waals surface area contributed by atoms with E-state index in [1.54, 1.807) is 24.3 Å². The Balaban J connectivity index is 2.07. The van der Waals surface area contributed by atoms with Crippen LogP contribution < -0.4 is 23.7 Å². The topological polar surface area (TPSA) is 129 Å². The third-order valence-electron chi connectivity index (χ3n) is 4.70. The highest BCUT2D eigenvalue weighted by molar-refractivity contribution is 7.88. The number of fused-ring (bicyclic) bond motifs is 1. The van der Waals surface area contributed by atoms with Crippen molar-refractivity contribution >= 4 is 26.7 Å². The number of methoxy groups -OCH3 is 4. The van der Waals surface area contributed by atoms with Crippen LogP contribution >= 0.6 is 0 Å². The Morgan fingerprint density at radius 2 is 1.67 bits per heavy atom. The molecule has 33 heavy (non-hydrogen) atoms. The first-order valence-electron chi connectivity index (χ1n) is 9.57. The van der Waals surface area contributed by atoms with E-state index in [4.69, 9.17) is 18.9 Å². The van der Waals surface area contributed by atoms with Crippen LogP contribution in [0.3, 0.4) is 0 Å². The Morgan fingerprint density at radius 1 is 1.03 bits per heavy atom. The summed E-state index contributed by atoms with van der Waals surface area (Å²) < 4.78 is 46.1. The molecule has 0 saturated heterocycles. The number of hydrogen-bond donors (Lipinski definition) is 2. The Kier molecular flexibility index (Phi) is 7.10. The fourth-order valence-electron chi connectivity index (χ4n) is 3.18. The molecule has 0 aliphatic rings. The molecule has 2 N–H and O–H groups in total. The first-order chi connectivity index (χ1) is 15.7. The maximum atomic E-state index is 13.3. The molecule has 11 heteroatoms. The van der Waals surface area contributed by atoms with E-state index in [-0.39, 0.29) is 18.0 Å². The predicted molar refractivity (Wildman–Crippen MR) is 122 cm³/mol. The SMILES string of the molecule is COc1cc(C(=O)c2[nH]nc3c(C#CCNS(C)(=O)=O)c(OC)ccc23)cc(OC)c1OC. The Morgan fingerprint density at radius 3 is 2.21 bits per heavy atom. The molecule has 0 aliphatic carbocycles. The number of H-pyrrole nitrogens is 1. The van der Waals surface area contributed by atoms with Crippen molar-refractivity contribution in [3.05, 3.63) is 41.1 Å². The standard InChI is InChI=1S/C22H23N3O7S/c1-29-16-9-8-15-19(14(16)7-6-10-23-33(5,27)28)24-25-20(15)21(26)13-11-17(30-2)22(32-4)18(12-13)31-3/h8-9,11-12,23H,10H2,1-5H3,(H,24,25). The van der Waals surface area contributed by atoms with Crippen molar-refractivity contribution in [1.82, 2.24) is 14.9 Å². The minimum absolute atomic E-state index is 0.0833. The van der Waals surface area contributed by atoms with Crippen LogP contribution in [0.1, 0.15) is 21.6 Å². The molecule has 0 aliphatic heterocycles. The maximum Gasteiger partial charge on any atom is 0.211 e. The molecule has 0 unspecified atom stereocenters. The number of sulfonamides is 1. The van der Waals surface area contributed by atoms with Crippen molar-refractivity contribution in [1.29, 1.82) is 0 Å². The lowest BCUT2D eigenvalue weighted by Gasteiger charge is -2.13. The summed E-state index contributed by atoms with van der Waals surface area (Å²) in [7, 11) is 2.52. The lowest BCUT2D eigenvalue weighted by molar-refractivity contribution is 0.103. The summed E-state index contributed by atoms with van der Waals surface area (Å²) in [5, 5.41) is 7.56. The fourth-order valence-corrected chi connectivity index (χ4v) is 3.52. The van der Waals surface area contributed by atoms with E-state index in [0.717, 1.165) is 6.26 Å². The molecule has 10 nitrogen and oxygen atoms in total. The number of aromatic amines is 1. The van der Waals surface area contributed by atoms with Crippen LogP contribution in [0.2, 0.25) is 0 Å². The first kappa shape index (κ1) is 23.9. The second kappa shape index (κ2) is 9.81. The van der Waals surface area contributed by atoms with E-state index in [9.17, 15) is 13.2 Å². The zero-order valence-corrected chi connectivity index (χ0v) is 19.5. The summed E-state index contributed by atoms with van der Waals surface area (Å²) in [6.45, 7) is -0.0833. The van der Waals surface area contributed by atoms with Gasteiger partial charge in [0, 0.05) is 10.9 Å². The third kappa shape index (κ3) is 5.02. The quantitative estimate of drug-likeness (QED) is 0.374. The van der Waals surface area contributed by atoms with Crippen molar-refractivity contribution in [2.24, 2.45) is 0 Å². The lowest BCUT2D eigenvalue weighted by atomic mass is 10.0. The molecule has 174 valence electrons. The number of carbonyl (C=O) groups is 1. The molecule has 2 aromatic carbocycles. The smallest absolute Gasteiger partial charge is 0.211 e. The van der Waals surface area contributed by atoms with Gasteiger partial charge in [-0.1, -0.05) is 11.8 Å². The number of ketones is 1. The summed E-state index contributed by atoms with van der Waals surface area (Å²) in [6.07, 6.45) is 1.05. The Hall–Kier alpha value is -3.75. The van der Waals surface area contributed by atoms with Crippen molar-refractivity contribution in [3.8, 4) is 34.8 Å². The molecular formula is C22H23N3O7S. The summed E-state index contributed by atoms with van der Waals surface area (Å²) in [5.74, 6) is 6.75. The van der Waals surface area contributed by atoms with Gasteiger partial charge in [-0.25, -0.2) is 13.1 Å². The average Bonchev–Trinajstić information content (AvgIpc) is 3.23. The molecular weight excluding hydrogens is 450 g/mol. The van der Waals surface area contributed by atoms with Gasteiger partial charge in [0.25, 0.3) is 0 Å². The van der Waals surface area contributed by atoms with E-state index < -0.39 is 10.0 Å². The van der Waals surface area contributed by atoms with Crippen molar-refractivity contribution in [2.45, 2.75) is 0 Å². The zero-order valence-electron chi connectivity index (χ0n) is 18.7. The Labute approximate surface area is 191 Å². The van der Waals surface area contributed by atoms with Crippen LogP contribution in [-0.4, -0.2) is 65.6 Å². The number of ether oxygens (including phenoxy) is 4. The highest BCUT2D eigenvalue weighted by Gasteiger charge is 2.22. The summed E-state index contributed by atoms with van der Waals surface area (Å²) >= 11 is 0. The van der Waals surface area contributed by atoms with Crippen molar-refractivity contribution < 1.29 is 32.2 Å². The number of nitrogens with one attached hydrogen (secondary N) is 2. The Bertz CT molecular complexity index is 1340. The average molecular weight is 474 g/mol. The second-order valence-corrected chi connectivity index (χ2v) is 8.61.